The summed E-state index contributed by atoms with van der Waals surface area (Å²) in [6, 6.07) is 8.68. The first-order valence-electron chi connectivity index (χ1n) is 13.3. The van der Waals surface area contributed by atoms with E-state index in [1.807, 2.05) is 73.6 Å². The van der Waals surface area contributed by atoms with E-state index in [1.54, 1.807) is 24.3 Å². The standard InChI is InChI=1S/C33H42O4/c1-9-23(6)19-33-29(36)26(27(34)24-13-11-10-12-14-24)28(35)32(30(33)37,18-17-22(4)5)20-25(31(33,7)8)16-15-21(2)3/h10-15,17,19,25,34H,9,16,18,20H2,1-8H3/b23-19+,27-26-. The number of hydrogen-bond acceptors (Lipinski definition) is 4. The molecule has 0 heterocycles. The zero-order valence-electron chi connectivity index (χ0n) is 23.7. The smallest absolute Gasteiger partial charge is 0.188 e. The molecule has 0 amide bonds. The van der Waals surface area contributed by atoms with Crippen LogP contribution in [0.1, 0.15) is 86.6 Å². The highest BCUT2D eigenvalue weighted by Crippen LogP contribution is 2.65. The van der Waals surface area contributed by atoms with Crippen LogP contribution in [0.3, 0.4) is 0 Å². The Kier molecular flexibility index (Phi) is 8.02. The maximum atomic E-state index is 14.7. The summed E-state index contributed by atoms with van der Waals surface area (Å²) in [5, 5.41) is 11.4. The minimum Gasteiger partial charge on any atom is -0.506 e. The number of benzene rings is 1. The fraction of sp³-hybridized carbons (Fsp3) is 0.485. The highest BCUT2D eigenvalue weighted by atomic mass is 16.3. The van der Waals surface area contributed by atoms with Crippen molar-refractivity contribution < 1.29 is 19.5 Å². The van der Waals surface area contributed by atoms with E-state index in [1.165, 1.54) is 0 Å². The van der Waals surface area contributed by atoms with Gasteiger partial charge in [-0.05, 0) is 71.6 Å². The van der Waals surface area contributed by atoms with E-state index in [0.29, 0.717) is 24.8 Å². The van der Waals surface area contributed by atoms with E-state index < -0.39 is 27.8 Å². The molecule has 2 aliphatic rings. The Morgan fingerprint density at radius 1 is 0.946 bits per heavy atom. The lowest BCUT2D eigenvalue weighted by Crippen LogP contribution is -2.69. The minimum atomic E-state index is -1.55. The van der Waals surface area contributed by atoms with Gasteiger partial charge in [-0.2, -0.15) is 0 Å². The molecule has 4 nitrogen and oxygen atoms in total. The number of ketones is 3. The number of fused-ring (bicyclic) bond motifs is 2. The molecule has 3 rings (SSSR count). The Balaban J connectivity index is 2.47. The summed E-state index contributed by atoms with van der Waals surface area (Å²) < 4.78 is 0. The number of rotatable bonds is 7. The number of aliphatic hydroxyl groups is 1. The number of Topliss-reactive ketones (excluding diaryl/α,β-unsaturated/α-hetero) is 3. The van der Waals surface area contributed by atoms with Crippen molar-refractivity contribution in [2.45, 2.75) is 81.1 Å². The van der Waals surface area contributed by atoms with Gasteiger partial charge >= 0.3 is 0 Å². The molecule has 2 bridgehead atoms. The second kappa shape index (κ2) is 10.4. The van der Waals surface area contributed by atoms with E-state index in [4.69, 9.17) is 0 Å². The van der Waals surface area contributed by atoms with Crippen molar-refractivity contribution in [1.29, 1.82) is 0 Å². The first-order valence-corrected chi connectivity index (χ1v) is 13.3. The first-order chi connectivity index (χ1) is 17.3. The zero-order chi connectivity index (χ0) is 27.8. The fourth-order valence-corrected chi connectivity index (χ4v) is 6.04. The molecule has 2 fully saturated rings. The second-order valence-electron chi connectivity index (χ2n) is 11.9. The van der Waals surface area contributed by atoms with E-state index in [2.05, 4.69) is 6.08 Å². The lowest BCUT2D eigenvalue weighted by Gasteiger charge is -2.59. The first kappa shape index (κ1) is 28.6. The van der Waals surface area contributed by atoms with Crippen molar-refractivity contribution in [3.8, 4) is 0 Å². The summed E-state index contributed by atoms with van der Waals surface area (Å²) >= 11 is 0. The zero-order valence-corrected chi connectivity index (χ0v) is 23.7. The predicted octanol–water partition coefficient (Wildman–Crippen LogP) is 7.76. The lowest BCUT2D eigenvalue weighted by atomic mass is 9.39. The van der Waals surface area contributed by atoms with Crippen molar-refractivity contribution in [1.82, 2.24) is 0 Å². The molecule has 4 heteroatoms. The number of carbonyl (C=O) groups is 3. The maximum Gasteiger partial charge on any atom is 0.188 e. The van der Waals surface area contributed by atoms with Crippen molar-refractivity contribution >= 4 is 23.1 Å². The molecule has 1 N–H and O–H groups in total. The van der Waals surface area contributed by atoms with Crippen LogP contribution >= 0.6 is 0 Å². The molecule has 3 unspecified atom stereocenters. The summed E-state index contributed by atoms with van der Waals surface area (Å²) in [7, 11) is 0. The van der Waals surface area contributed by atoms with Crippen LogP contribution in [0.15, 0.2) is 70.9 Å². The van der Waals surface area contributed by atoms with Crippen molar-refractivity contribution in [2.24, 2.45) is 22.2 Å². The SMILES string of the molecule is CC/C(C)=C/C12C(=O)/C(=C(\O)c3ccccc3)C(=O)C(CC=C(C)C)(CC(CC=C(C)C)C1(C)C)C2=O. The van der Waals surface area contributed by atoms with E-state index >= 15 is 0 Å². The topological polar surface area (TPSA) is 71.4 Å². The Hall–Kier alpha value is -3.01. The van der Waals surface area contributed by atoms with Gasteiger partial charge in [-0.1, -0.05) is 86.1 Å². The van der Waals surface area contributed by atoms with Gasteiger partial charge in [0.1, 0.15) is 16.7 Å². The summed E-state index contributed by atoms with van der Waals surface area (Å²) in [4.78, 5) is 43.7. The molecule has 3 atom stereocenters. The molecule has 1 aromatic rings. The van der Waals surface area contributed by atoms with E-state index in [9.17, 15) is 19.5 Å². The van der Waals surface area contributed by atoms with Gasteiger partial charge in [0.15, 0.2) is 17.3 Å². The number of carbonyl (C=O) groups excluding carboxylic acids is 3. The van der Waals surface area contributed by atoms with Crippen LogP contribution in [-0.4, -0.2) is 22.5 Å². The molecule has 0 saturated heterocycles. The molecule has 1 aromatic carbocycles. The lowest BCUT2D eigenvalue weighted by molar-refractivity contribution is -0.170. The Morgan fingerprint density at radius 3 is 2.08 bits per heavy atom. The molecule has 2 aliphatic carbocycles. The normalized spacial score (nSPS) is 28.6. The van der Waals surface area contributed by atoms with Gasteiger partial charge in [0, 0.05) is 5.56 Å². The van der Waals surface area contributed by atoms with Crippen LogP contribution in [0.4, 0.5) is 0 Å². The molecular weight excluding hydrogens is 460 g/mol. The minimum absolute atomic E-state index is 0.0834. The van der Waals surface area contributed by atoms with Crippen LogP contribution in [0.2, 0.25) is 0 Å². The van der Waals surface area contributed by atoms with Gasteiger partial charge in [0.05, 0.1) is 5.41 Å². The van der Waals surface area contributed by atoms with Gasteiger partial charge in [0.2, 0.25) is 0 Å². The third kappa shape index (κ3) is 4.60. The van der Waals surface area contributed by atoms with Gasteiger partial charge in [0.25, 0.3) is 0 Å². The molecule has 0 radical (unpaired) electrons. The monoisotopic (exact) mass is 502 g/mol. The van der Waals surface area contributed by atoms with Crippen molar-refractivity contribution in [2.75, 3.05) is 0 Å². The molecule has 37 heavy (non-hydrogen) atoms. The van der Waals surface area contributed by atoms with E-state index in [-0.39, 0.29) is 29.5 Å². The Bertz CT molecular complexity index is 1220. The fourth-order valence-electron chi connectivity index (χ4n) is 6.04. The van der Waals surface area contributed by atoms with Crippen LogP contribution < -0.4 is 0 Å². The molecule has 0 aromatic heterocycles. The Morgan fingerprint density at radius 2 is 1.54 bits per heavy atom. The van der Waals surface area contributed by atoms with Gasteiger partial charge in [-0.3, -0.25) is 14.4 Å². The molecule has 2 saturated carbocycles. The molecule has 0 spiro atoms. The van der Waals surface area contributed by atoms with Crippen molar-refractivity contribution in [3.63, 3.8) is 0 Å². The number of aliphatic hydroxyl groups excluding tert-OH is 1. The van der Waals surface area contributed by atoms with Crippen LogP contribution in [0.5, 0.6) is 0 Å². The van der Waals surface area contributed by atoms with Gasteiger partial charge in [-0.15, -0.1) is 0 Å². The summed E-state index contributed by atoms with van der Waals surface area (Å²) in [5.74, 6) is -1.85. The summed E-state index contributed by atoms with van der Waals surface area (Å²) in [6.45, 7) is 15.9. The third-order valence-electron chi connectivity index (χ3n) is 8.65. The highest BCUT2D eigenvalue weighted by Gasteiger charge is 2.73. The van der Waals surface area contributed by atoms with Crippen LogP contribution in [0.25, 0.3) is 5.76 Å². The summed E-state index contributed by atoms with van der Waals surface area (Å²) in [6.07, 6.45) is 7.80. The molecular formula is C33H42O4. The van der Waals surface area contributed by atoms with Crippen molar-refractivity contribution in [3.05, 3.63) is 76.4 Å². The third-order valence-corrected chi connectivity index (χ3v) is 8.65. The van der Waals surface area contributed by atoms with Gasteiger partial charge in [-0.25, -0.2) is 0 Å². The average Bonchev–Trinajstić information content (AvgIpc) is 2.85. The largest absolute Gasteiger partial charge is 0.506 e. The molecule has 0 aliphatic heterocycles. The number of hydrogen-bond donors (Lipinski definition) is 1. The van der Waals surface area contributed by atoms with E-state index in [0.717, 1.165) is 16.7 Å². The quantitative estimate of drug-likeness (QED) is 0.136. The molecule has 198 valence electrons. The second-order valence-corrected chi connectivity index (χ2v) is 11.9. The van der Waals surface area contributed by atoms with Crippen LogP contribution in [0, 0.1) is 22.2 Å². The summed E-state index contributed by atoms with van der Waals surface area (Å²) in [5.41, 5.74) is -0.498. The maximum absolute atomic E-state index is 14.7. The highest BCUT2D eigenvalue weighted by molar-refractivity contribution is 6.42. The Labute approximate surface area is 222 Å². The van der Waals surface area contributed by atoms with Crippen LogP contribution in [-0.2, 0) is 14.4 Å². The van der Waals surface area contributed by atoms with Gasteiger partial charge < -0.3 is 5.11 Å². The average molecular weight is 503 g/mol. The predicted molar refractivity (Wildman–Crippen MR) is 150 cm³/mol. The number of allylic oxidation sites excluding steroid dienone is 7.